The van der Waals surface area contributed by atoms with Crippen molar-refractivity contribution in [2.45, 2.75) is 24.9 Å². The van der Waals surface area contributed by atoms with Crippen LogP contribution in [0.4, 0.5) is 4.79 Å². The van der Waals surface area contributed by atoms with Crippen LogP contribution in [0.2, 0.25) is 0 Å². The number of urea groups is 1. The third-order valence-corrected chi connectivity index (χ3v) is 3.69. The van der Waals surface area contributed by atoms with Gasteiger partial charge in [-0.1, -0.05) is 0 Å². The number of carbonyl (C=O) groups is 3. The van der Waals surface area contributed by atoms with Crippen LogP contribution in [-0.2, 0) is 19.1 Å². The summed E-state index contributed by atoms with van der Waals surface area (Å²) in [7, 11) is 1.28. The van der Waals surface area contributed by atoms with E-state index in [0.717, 1.165) is 6.42 Å². The topological polar surface area (TPSA) is 105 Å². The molecule has 0 radical (unpaired) electrons. The van der Waals surface area contributed by atoms with Crippen molar-refractivity contribution in [3.8, 4) is 0 Å². The van der Waals surface area contributed by atoms with E-state index in [4.69, 9.17) is 9.84 Å². The minimum Gasteiger partial charge on any atom is -0.481 e. The van der Waals surface area contributed by atoms with Crippen LogP contribution in [-0.4, -0.2) is 66.9 Å². The summed E-state index contributed by atoms with van der Waals surface area (Å²) in [5, 5.41) is 11.7. The van der Waals surface area contributed by atoms with Crippen molar-refractivity contribution in [2.75, 3.05) is 26.9 Å². The summed E-state index contributed by atoms with van der Waals surface area (Å²) in [5.41, 5.74) is 0. The van der Waals surface area contributed by atoms with E-state index in [1.165, 1.54) is 12.0 Å². The normalized spacial score (nSPS) is 29.2. The van der Waals surface area contributed by atoms with Crippen molar-refractivity contribution in [1.82, 2.24) is 10.2 Å². The molecule has 0 aromatic rings. The van der Waals surface area contributed by atoms with Gasteiger partial charge in [-0.05, 0) is 12.8 Å². The van der Waals surface area contributed by atoms with Crippen LogP contribution in [0.25, 0.3) is 0 Å². The number of carboxylic acid groups (broad SMARTS) is 1. The molecule has 2 rings (SSSR count). The predicted molar refractivity (Wildman–Crippen MR) is 66.0 cm³/mol. The monoisotopic (exact) mass is 286 g/mol. The highest BCUT2D eigenvalue weighted by Gasteiger charge is 2.39. The second-order valence-corrected chi connectivity index (χ2v) is 4.91. The van der Waals surface area contributed by atoms with Gasteiger partial charge in [-0.25, -0.2) is 9.59 Å². The first-order chi connectivity index (χ1) is 9.54. The molecule has 0 aliphatic carbocycles. The van der Waals surface area contributed by atoms with Crippen LogP contribution in [0.1, 0.15) is 12.8 Å². The minimum atomic E-state index is -1.00. The maximum Gasteiger partial charge on any atom is 0.328 e. The summed E-state index contributed by atoms with van der Waals surface area (Å²) in [6, 6.07) is -1.61. The molecule has 2 heterocycles. The number of nitrogens with zero attached hydrogens (tertiary/aromatic N) is 1. The molecule has 2 saturated heterocycles. The molecule has 0 saturated carbocycles. The third kappa shape index (κ3) is 2.84. The van der Waals surface area contributed by atoms with Crippen LogP contribution in [0.5, 0.6) is 0 Å². The van der Waals surface area contributed by atoms with E-state index in [1.807, 2.05) is 0 Å². The first kappa shape index (κ1) is 14.6. The zero-order chi connectivity index (χ0) is 14.7. The Morgan fingerprint density at radius 1 is 1.35 bits per heavy atom. The number of likely N-dealkylation sites (tertiary alicyclic amines) is 1. The van der Waals surface area contributed by atoms with E-state index in [-0.39, 0.29) is 13.2 Å². The fourth-order valence-electron chi connectivity index (χ4n) is 2.57. The number of ether oxygens (including phenoxy) is 2. The van der Waals surface area contributed by atoms with Crippen LogP contribution < -0.4 is 5.32 Å². The molecule has 8 heteroatoms. The van der Waals surface area contributed by atoms with E-state index < -0.39 is 36.0 Å². The fourth-order valence-corrected chi connectivity index (χ4v) is 2.57. The Kier molecular flexibility index (Phi) is 4.43. The molecule has 8 nitrogen and oxygen atoms in total. The number of carboxylic acids is 1. The minimum absolute atomic E-state index is 0.0840. The van der Waals surface area contributed by atoms with Crippen molar-refractivity contribution in [3.05, 3.63) is 0 Å². The molecule has 3 unspecified atom stereocenters. The van der Waals surface area contributed by atoms with E-state index in [0.29, 0.717) is 13.0 Å². The van der Waals surface area contributed by atoms with Crippen molar-refractivity contribution in [1.29, 1.82) is 0 Å². The van der Waals surface area contributed by atoms with Gasteiger partial charge in [0, 0.05) is 6.54 Å². The van der Waals surface area contributed by atoms with Crippen molar-refractivity contribution >= 4 is 18.0 Å². The zero-order valence-electron chi connectivity index (χ0n) is 11.2. The van der Waals surface area contributed by atoms with Crippen LogP contribution in [0.15, 0.2) is 0 Å². The second kappa shape index (κ2) is 6.08. The lowest BCUT2D eigenvalue weighted by molar-refractivity contribution is -0.145. The Morgan fingerprint density at radius 2 is 2.10 bits per heavy atom. The SMILES string of the molecule is COC(=O)C1CCCN1C(=O)NC1COCC1C(=O)O. The zero-order valence-corrected chi connectivity index (χ0v) is 11.2. The molecule has 112 valence electrons. The summed E-state index contributed by atoms with van der Waals surface area (Å²) >= 11 is 0. The van der Waals surface area contributed by atoms with Gasteiger partial charge < -0.3 is 24.8 Å². The lowest BCUT2D eigenvalue weighted by Gasteiger charge is -2.25. The number of carbonyl (C=O) groups excluding carboxylic acids is 2. The molecular formula is C12H18N2O6. The molecule has 0 bridgehead atoms. The van der Waals surface area contributed by atoms with E-state index in [1.54, 1.807) is 0 Å². The molecule has 3 atom stereocenters. The molecule has 2 amide bonds. The van der Waals surface area contributed by atoms with E-state index >= 15 is 0 Å². The van der Waals surface area contributed by atoms with Crippen LogP contribution in [0, 0.1) is 5.92 Å². The summed E-state index contributed by atoms with van der Waals surface area (Å²) in [5.74, 6) is -2.20. The standard InChI is InChI=1S/C12H18N2O6/c1-19-11(17)9-3-2-4-14(9)12(18)13-8-6-20-5-7(8)10(15)16/h7-9H,2-6H2,1H3,(H,13,18)(H,15,16). The van der Waals surface area contributed by atoms with Gasteiger partial charge in [0.1, 0.15) is 12.0 Å². The van der Waals surface area contributed by atoms with Crippen LogP contribution >= 0.6 is 0 Å². The molecule has 0 aromatic carbocycles. The number of hydrogen-bond acceptors (Lipinski definition) is 5. The summed E-state index contributed by atoms with van der Waals surface area (Å²) in [6.07, 6.45) is 1.28. The van der Waals surface area contributed by atoms with Gasteiger partial charge in [-0.2, -0.15) is 0 Å². The second-order valence-electron chi connectivity index (χ2n) is 4.91. The van der Waals surface area contributed by atoms with Gasteiger partial charge in [0.05, 0.1) is 26.4 Å². The van der Waals surface area contributed by atoms with Crippen molar-refractivity contribution in [3.63, 3.8) is 0 Å². The Morgan fingerprint density at radius 3 is 2.75 bits per heavy atom. The first-order valence-electron chi connectivity index (χ1n) is 6.50. The molecule has 2 N–H and O–H groups in total. The number of nitrogens with one attached hydrogen (secondary N) is 1. The number of methoxy groups -OCH3 is 1. The highest BCUT2D eigenvalue weighted by Crippen LogP contribution is 2.20. The molecule has 0 aromatic heterocycles. The Balaban J connectivity index is 1.97. The van der Waals surface area contributed by atoms with Gasteiger partial charge in [-0.15, -0.1) is 0 Å². The summed E-state index contributed by atoms with van der Waals surface area (Å²) < 4.78 is 9.75. The number of hydrogen-bond donors (Lipinski definition) is 2. The predicted octanol–water partition coefficient (Wildman–Crippen LogP) is -0.567. The highest BCUT2D eigenvalue weighted by atomic mass is 16.5. The number of amides is 2. The molecular weight excluding hydrogens is 268 g/mol. The largest absolute Gasteiger partial charge is 0.481 e. The average Bonchev–Trinajstić information content (AvgIpc) is 3.05. The number of aliphatic carboxylic acids is 1. The van der Waals surface area contributed by atoms with Crippen molar-refractivity contribution < 1.29 is 29.0 Å². The first-order valence-corrected chi connectivity index (χ1v) is 6.50. The van der Waals surface area contributed by atoms with Gasteiger partial charge >= 0.3 is 18.0 Å². The maximum atomic E-state index is 12.2. The van der Waals surface area contributed by atoms with Gasteiger partial charge in [-0.3, -0.25) is 4.79 Å². The Bertz CT molecular complexity index is 413. The average molecular weight is 286 g/mol. The van der Waals surface area contributed by atoms with Gasteiger partial charge in [0.2, 0.25) is 0 Å². The summed E-state index contributed by atoms with van der Waals surface area (Å²) in [6.45, 7) is 0.705. The van der Waals surface area contributed by atoms with Gasteiger partial charge in [0.15, 0.2) is 0 Å². The van der Waals surface area contributed by atoms with E-state index in [9.17, 15) is 14.4 Å². The summed E-state index contributed by atoms with van der Waals surface area (Å²) in [4.78, 5) is 36.1. The molecule has 20 heavy (non-hydrogen) atoms. The highest BCUT2D eigenvalue weighted by molar-refractivity contribution is 5.84. The van der Waals surface area contributed by atoms with Crippen LogP contribution in [0.3, 0.4) is 0 Å². The Labute approximate surface area is 116 Å². The van der Waals surface area contributed by atoms with E-state index in [2.05, 4.69) is 10.1 Å². The molecule has 2 aliphatic heterocycles. The molecule has 0 spiro atoms. The lowest BCUT2D eigenvalue weighted by Crippen LogP contribution is -2.52. The maximum absolute atomic E-state index is 12.2. The number of rotatable bonds is 3. The Hall–Kier alpha value is -1.83. The van der Waals surface area contributed by atoms with Gasteiger partial charge in [0.25, 0.3) is 0 Å². The quantitative estimate of drug-likeness (QED) is 0.673. The molecule has 2 fully saturated rings. The lowest BCUT2D eigenvalue weighted by atomic mass is 10.0. The molecule has 2 aliphatic rings. The third-order valence-electron chi connectivity index (χ3n) is 3.69. The fraction of sp³-hybridized carbons (Fsp3) is 0.750. The smallest absolute Gasteiger partial charge is 0.328 e. The number of esters is 1. The van der Waals surface area contributed by atoms with Crippen molar-refractivity contribution in [2.24, 2.45) is 5.92 Å².